The molecule has 0 bridgehead atoms. The van der Waals surface area contributed by atoms with Crippen LogP contribution in [0.3, 0.4) is 0 Å². The van der Waals surface area contributed by atoms with E-state index in [1.54, 1.807) is 30.5 Å². The molecule has 126 valence electrons. The highest BCUT2D eigenvalue weighted by Gasteiger charge is 2.15. The van der Waals surface area contributed by atoms with Gasteiger partial charge in [-0.3, -0.25) is 4.79 Å². The number of anilines is 1. The van der Waals surface area contributed by atoms with Gasteiger partial charge in [-0.25, -0.2) is 9.97 Å². The first-order valence-corrected chi connectivity index (χ1v) is 8.27. The number of carbonyl (C=O) groups excluding carboxylic acids is 1. The van der Waals surface area contributed by atoms with Crippen LogP contribution in [0.5, 0.6) is 0 Å². The second-order valence-corrected chi connectivity index (χ2v) is 6.10. The van der Waals surface area contributed by atoms with Crippen molar-refractivity contribution in [1.82, 2.24) is 15.3 Å². The molecular weight excluding hydrogens is 351 g/mol. The minimum atomic E-state index is -0.275. The number of benzene rings is 1. The second kappa shape index (κ2) is 7.79. The summed E-state index contributed by atoms with van der Waals surface area (Å²) in [6.45, 7) is 3.14. The molecule has 0 aliphatic carbocycles. The normalized spacial score (nSPS) is 14.5. The summed E-state index contributed by atoms with van der Waals surface area (Å²) in [6.07, 6.45) is 1.69. The van der Waals surface area contributed by atoms with Gasteiger partial charge >= 0.3 is 0 Å². The maximum absolute atomic E-state index is 12.2. The molecule has 1 aliphatic heterocycles. The van der Waals surface area contributed by atoms with Crippen molar-refractivity contribution < 1.29 is 9.53 Å². The Morgan fingerprint density at radius 1 is 1.25 bits per heavy atom. The molecule has 0 unspecified atom stereocenters. The average Bonchev–Trinajstić information content (AvgIpc) is 2.61. The molecule has 1 aromatic carbocycles. The lowest BCUT2D eigenvalue weighted by atomic mass is 10.2. The van der Waals surface area contributed by atoms with Crippen LogP contribution in [0.2, 0.25) is 10.0 Å². The molecule has 1 N–H and O–H groups in total. The van der Waals surface area contributed by atoms with Crippen LogP contribution in [-0.4, -0.2) is 42.2 Å². The van der Waals surface area contributed by atoms with Gasteiger partial charge in [0.2, 0.25) is 5.95 Å². The molecule has 2 aromatic rings. The van der Waals surface area contributed by atoms with Crippen LogP contribution in [0.4, 0.5) is 5.95 Å². The van der Waals surface area contributed by atoms with E-state index < -0.39 is 0 Å². The Balaban J connectivity index is 1.64. The fourth-order valence-electron chi connectivity index (χ4n) is 2.34. The van der Waals surface area contributed by atoms with Crippen molar-refractivity contribution in [3.8, 4) is 0 Å². The predicted molar refractivity (Wildman–Crippen MR) is 92.7 cm³/mol. The first-order chi connectivity index (χ1) is 11.6. The first-order valence-electron chi connectivity index (χ1n) is 7.51. The van der Waals surface area contributed by atoms with Gasteiger partial charge in [0, 0.05) is 24.3 Å². The predicted octanol–water partition coefficient (Wildman–Crippen LogP) is 2.55. The van der Waals surface area contributed by atoms with E-state index in [0.29, 0.717) is 34.8 Å². The number of amides is 1. The summed E-state index contributed by atoms with van der Waals surface area (Å²) < 4.78 is 5.32. The summed E-state index contributed by atoms with van der Waals surface area (Å²) in [5.41, 5.74) is 1.11. The lowest BCUT2D eigenvalue weighted by Crippen LogP contribution is -2.37. The number of nitrogens with one attached hydrogen (secondary N) is 1. The van der Waals surface area contributed by atoms with Crippen molar-refractivity contribution in [3.05, 3.63) is 51.8 Å². The molecule has 6 nitrogen and oxygen atoms in total. The Morgan fingerprint density at radius 3 is 2.79 bits per heavy atom. The summed E-state index contributed by atoms with van der Waals surface area (Å²) in [6, 6.07) is 6.54. The van der Waals surface area contributed by atoms with E-state index in [4.69, 9.17) is 27.9 Å². The fourth-order valence-corrected chi connectivity index (χ4v) is 2.83. The van der Waals surface area contributed by atoms with Gasteiger partial charge in [-0.1, -0.05) is 23.2 Å². The number of halogens is 2. The van der Waals surface area contributed by atoms with E-state index in [2.05, 4.69) is 20.2 Å². The molecule has 1 amide bonds. The maximum Gasteiger partial charge on any atom is 0.253 e. The summed E-state index contributed by atoms with van der Waals surface area (Å²) in [4.78, 5) is 23.1. The molecule has 0 spiro atoms. The minimum Gasteiger partial charge on any atom is -0.378 e. The second-order valence-electron chi connectivity index (χ2n) is 5.25. The number of ether oxygens (including phenoxy) is 1. The molecule has 3 rings (SSSR count). The third-order valence-electron chi connectivity index (χ3n) is 3.60. The molecule has 0 atom stereocenters. The highest BCUT2D eigenvalue weighted by Crippen LogP contribution is 2.21. The van der Waals surface area contributed by atoms with Gasteiger partial charge < -0.3 is 15.0 Å². The fraction of sp³-hybridized carbons (Fsp3) is 0.312. The largest absolute Gasteiger partial charge is 0.378 e. The summed E-state index contributed by atoms with van der Waals surface area (Å²) in [5.74, 6) is 0.373. The molecule has 8 heteroatoms. The molecule has 1 aliphatic rings. The lowest BCUT2D eigenvalue weighted by molar-refractivity contribution is 0.0950. The highest BCUT2D eigenvalue weighted by atomic mass is 35.5. The number of hydrogen-bond acceptors (Lipinski definition) is 5. The zero-order valence-electron chi connectivity index (χ0n) is 12.8. The van der Waals surface area contributed by atoms with Crippen molar-refractivity contribution in [3.63, 3.8) is 0 Å². The topological polar surface area (TPSA) is 67.4 Å². The van der Waals surface area contributed by atoms with E-state index in [9.17, 15) is 4.79 Å². The van der Waals surface area contributed by atoms with E-state index in [1.807, 2.05) is 0 Å². The van der Waals surface area contributed by atoms with Crippen LogP contribution in [-0.2, 0) is 11.3 Å². The summed E-state index contributed by atoms with van der Waals surface area (Å²) in [7, 11) is 0. The molecule has 0 radical (unpaired) electrons. The SMILES string of the molecule is O=C(NCc1ccnc(N2CCOCC2)n1)c1ccc(Cl)cc1Cl. The van der Waals surface area contributed by atoms with Crippen LogP contribution in [0.25, 0.3) is 0 Å². The Kier molecular flexibility index (Phi) is 5.50. The molecule has 1 saturated heterocycles. The van der Waals surface area contributed by atoms with Crippen molar-refractivity contribution >= 4 is 35.1 Å². The van der Waals surface area contributed by atoms with Gasteiger partial charge in [0.1, 0.15) is 0 Å². The van der Waals surface area contributed by atoms with Crippen LogP contribution < -0.4 is 10.2 Å². The number of nitrogens with zero attached hydrogens (tertiary/aromatic N) is 3. The number of hydrogen-bond donors (Lipinski definition) is 1. The van der Waals surface area contributed by atoms with Gasteiger partial charge in [-0.2, -0.15) is 0 Å². The summed E-state index contributed by atoms with van der Waals surface area (Å²) >= 11 is 11.9. The molecule has 2 heterocycles. The molecule has 24 heavy (non-hydrogen) atoms. The van der Waals surface area contributed by atoms with E-state index in [-0.39, 0.29) is 12.5 Å². The van der Waals surface area contributed by atoms with Gasteiger partial charge in [0.25, 0.3) is 5.91 Å². The standard InChI is InChI=1S/C16H16Cl2N4O2/c17-11-1-2-13(14(18)9-11)15(23)20-10-12-3-4-19-16(21-12)22-5-7-24-8-6-22/h1-4,9H,5-8,10H2,(H,20,23). The number of morpholine rings is 1. The zero-order valence-corrected chi connectivity index (χ0v) is 14.3. The van der Waals surface area contributed by atoms with Gasteiger partial charge in [0.15, 0.2) is 0 Å². The van der Waals surface area contributed by atoms with Gasteiger partial charge in [-0.05, 0) is 24.3 Å². The van der Waals surface area contributed by atoms with Crippen LogP contribution in [0, 0.1) is 0 Å². The number of rotatable bonds is 4. The number of carbonyl (C=O) groups is 1. The van der Waals surface area contributed by atoms with Gasteiger partial charge in [0.05, 0.1) is 36.0 Å². The first kappa shape index (κ1) is 17.0. The number of aromatic nitrogens is 2. The van der Waals surface area contributed by atoms with Crippen molar-refractivity contribution in [2.45, 2.75) is 6.54 Å². The summed E-state index contributed by atoms with van der Waals surface area (Å²) in [5, 5.41) is 3.61. The Labute approximate surface area is 149 Å². The minimum absolute atomic E-state index is 0.275. The quantitative estimate of drug-likeness (QED) is 0.900. The zero-order chi connectivity index (χ0) is 16.9. The lowest BCUT2D eigenvalue weighted by Gasteiger charge is -2.26. The Bertz CT molecular complexity index is 736. The molecule has 1 fully saturated rings. The Morgan fingerprint density at radius 2 is 2.04 bits per heavy atom. The van der Waals surface area contributed by atoms with E-state index >= 15 is 0 Å². The third-order valence-corrected chi connectivity index (χ3v) is 4.15. The van der Waals surface area contributed by atoms with E-state index in [1.165, 1.54) is 0 Å². The van der Waals surface area contributed by atoms with Crippen molar-refractivity contribution in [2.24, 2.45) is 0 Å². The smallest absolute Gasteiger partial charge is 0.253 e. The molecule has 0 saturated carbocycles. The van der Waals surface area contributed by atoms with E-state index in [0.717, 1.165) is 18.8 Å². The average molecular weight is 367 g/mol. The Hall–Kier alpha value is -1.89. The monoisotopic (exact) mass is 366 g/mol. The van der Waals surface area contributed by atoms with Crippen LogP contribution >= 0.6 is 23.2 Å². The molecule has 1 aromatic heterocycles. The van der Waals surface area contributed by atoms with Gasteiger partial charge in [-0.15, -0.1) is 0 Å². The van der Waals surface area contributed by atoms with Crippen LogP contribution in [0.15, 0.2) is 30.5 Å². The molecular formula is C16H16Cl2N4O2. The van der Waals surface area contributed by atoms with Crippen molar-refractivity contribution in [1.29, 1.82) is 0 Å². The maximum atomic E-state index is 12.2. The third kappa shape index (κ3) is 4.14. The van der Waals surface area contributed by atoms with Crippen LogP contribution in [0.1, 0.15) is 16.1 Å². The van der Waals surface area contributed by atoms with Crippen molar-refractivity contribution in [2.75, 3.05) is 31.2 Å². The highest BCUT2D eigenvalue weighted by molar-refractivity contribution is 6.36.